The van der Waals surface area contributed by atoms with Crippen LogP contribution in [0.3, 0.4) is 0 Å². The lowest BCUT2D eigenvalue weighted by molar-refractivity contribution is 0.483. The zero-order chi connectivity index (χ0) is 38.7. The first-order valence-corrected chi connectivity index (χ1v) is 19.5. The van der Waals surface area contributed by atoms with Crippen molar-refractivity contribution in [3.63, 3.8) is 0 Å². The van der Waals surface area contributed by atoms with E-state index in [0.717, 1.165) is 89.9 Å². The smallest absolute Gasteiger partial charge is 0.137 e. The number of aromatic nitrogens is 2. The molecule has 8 aromatic carbocycles. The van der Waals surface area contributed by atoms with Crippen molar-refractivity contribution in [2.24, 2.45) is 0 Å². The number of nitrogens with one attached hydrogen (secondary N) is 2. The monoisotopic (exact) mass is 746 g/mol. The molecule has 0 aliphatic carbocycles. The van der Waals surface area contributed by atoms with Gasteiger partial charge in [0.15, 0.2) is 0 Å². The van der Waals surface area contributed by atoms with Gasteiger partial charge >= 0.3 is 0 Å². The Balaban J connectivity index is 0.957. The molecule has 0 spiro atoms. The molecule has 276 valence electrons. The second-order valence-electron chi connectivity index (χ2n) is 14.2. The van der Waals surface area contributed by atoms with Gasteiger partial charge in [-0.15, -0.1) is 0 Å². The lowest BCUT2D eigenvalue weighted by Gasteiger charge is -2.20. The number of ether oxygens (including phenoxy) is 1. The number of benzene rings is 8. The number of pyridine rings is 1. The highest BCUT2D eigenvalue weighted by atomic mass is 16.5. The van der Waals surface area contributed by atoms with Gasteiger partial charge < -0.3 is 15.4 Å². The molecule has 0 aliphatic rings. The number of nitrogens with zero attached hydrogens (tertiary/aromatic N) is 2. The minimum atomic E-state index is 0.726. The molecule has 2 heterocycles. The molecule has 2 N–H and O–H groups in total. The minimum Gasteiger partial charge on any atom is -0.457 e. The zero-order valence-electron chi connectivity index (χ0n) is 31.6. The van der Waals surface area contributed by atoms with Crippen molar-refractivity contribution < 1.29 is 4.74 Å². The predicted molar refractivity (Wildman–Crippen MR) is 241 cm³/mol. The van der Waals surface area contributed by atoms with Gasteiger partial charge in [0.25, 0.3) is 0 Å². The quantitative estimate of drug-likeness (QED) is 0.146. The maximum atomic E-state index is 6.59. The molecule has 5 nitrogen and oxygen atoms in total. The van der Waals surface area contributed by atoms with Gasteiger partial charge in [0, 0.05) is 51.5 Å². The van der Waals surface area contributed by atoms with Gasteiger partial charge in [0.1, 0.15) is 17.3 Å². The normalized spacial score (nSPS) is 11.1. The van der Waals surface area contributed by atoms with Gasteiger partial charge in [0.05, 0.1) is 28.1 Å². The van der Waals surface area contributed by atoms with E-state index >= 15 is 0 Å². The minimum absolute atomic E-state index is 0.726. The molecular weight excluding hydrogens is 709 g/mol. The molecule has 0 fully saturated rings. The highest BCUT2D eigenvalue weighted by Gasteiger charge is 2.16. The number of fused-ring (bicyclic) bond motifs is 3. The SMILES string of the molecule is c1ccc(-c2ccc(-n3c4ccccc4c4ccc(Oc5cccc(Nc6ccccc6Nc6c(-c7ccccc7)cccc6-c6ccccc6)c5)cc43)nc2)cc1. The van der Waals surface area contributed by atoms with Gasteiger partial charge in [-0.05, 0) is 71.3 Å². The summed E-state index contributed by atoms with van der Waals surface area (Å²) in [6.45, 7) is 0. The molecule has 58 heavy (non-hydrogen) atoms. The Kier molecular flexibility index (Phi) is 9.14. The summed E-state index contributed by atoms with van der Waals surface area (Å²) in [6, 6.07) is 73.3. The topological polar surface area (TPSA) is 51.1 Å². The lowest BCUT2D eigenvalue weighted by Crippen LogP contribution is -2.00. The van der Waals surface area contributed by atoms with Crippen molar-refractivity contribution in [3.8, 4) is 50.7 Å². The van der Waals surface area contributed by atoms with E-state index in [-0.39, 0.29) is 0 Å². The van der Waals surface area contributed by atoms with Crippen LogP contribution in [0, 0.1) is 0 Å². The summed E-state index contributed by atoms with van der Waals surface area (Å²) in [5.74, 6) is 2.31. The zero-order valence-corrected chi connectivity index (χ0v) is 31.6. The average Bonchev–Trinajstić information content (AvgIpc) is 3.62. The number of rotatable bonds is 10. The molecule has 10 rings (SSSR count). The first-order valence-electron chi connectivity index (χ1n) is 19.5. The third-order valence-electron chi connectivity index (χ3n) is 10.5. The van der Waals surface area contributed by atoms with E-state index in [1.54, 1.807) is 0 Å². The van der Waals surface area contributed by atoms with Gasteiger partial charge in [-0.25, -0.2) is 4.98 Å². The first kappa shape index (κ1) is 34.6. The molecule has 0 amide bonds. The number of anilines is 4. The molecule has 0 unspecified atom stereocenters. The van der Waals surface area contributed by atoms with Crippen molar-refractivity contribution in [2.75, 3.05) is 10.6 Å². The molecule has 0 saturated heterocycles. The highest BCUT2D eigenvalue weighted by molar-refractivity contribution is 6.09. The van der Waals surface area contributed by atoms with Crippen molar-refractivity contribution in [2.45, 2.75) is 0 Å². The van der Waals surface area contributed by atoms with Gasteiger partial charge in [-0.3, -0.25) is 4.57 Å². The Morgan fingerprint density at radius 2 is 0.983 bits per heavy atom. The lowest BCUT2D eigenvalue weighted by atomic mass is 9.95. The second-order valence-corrected chi connectivity index (χ2v) is 14.2. The van der Waals surface area contributed by atoms with Crippen LogP contribution in [0.15, 0.2) is 219 Å². The summed E-state index contributed by atoms with van der Waals surface area (Å²) < 4.78 is 8.81. The maximum absolute atomic E-state index is 6.59. The van der Waals surface area contributed by atoms with E-state index in [1.807, 2.05) is 42.6 Å². The van der Waals surface area contributed by atoms with Crippen LogP contribution in [0.4, 0.5) is 22.7 Å². The van der Waals surface area contributed by atoms with E-state index in [0.29, 0.717) is 0 Å². The van der Waals surface area contributed by atoms with E-state index in [9.17, 15) is 0 Å². The molecule has 2 aromatic heterocycles. The van der Waals surface area contributed by atoms with Crippen LogP contribution in [-0.4, -0.2) is 9.55 Å². The molecule has 0 radical (unpaired) electrons. The molecule has 5 heteroatoms. The first-order chi connectivity index (χ1) is 28.7. The second kappa shape index (κ2) is 15.3. The molecule has 0 atom stereocenters. The fourth-order valence-electron chi connectivity index (χ4n) is 7.75. The molecule has 0 bridgehead atoms. The number of para-hydroxylation sites is 4. The summed E-state index contributed by atoms with van der Waals surface area (Å²) in [4.78, 5) is 4.95. The van der Waals surface area contributed by atoms with Gasteiger partial charge in [0.2, 0.25) is 0 Å². The van der Waals surface area contributed by atoms with Crippen molar-refractivity contribution in [1.82, 2.24) is 9.55 Å². The third kappa shape index (κ3) is 6.82. The summed E-state index contributed by atoms with van der Waals surface area (Å²) in [5.41, 5.74) is 12.7. The van der Waals surface area contributed by atoms with Crippen LogP contribution in [0.1, 0.15) is 0 Å². The molecule has 0 aliphatic heterocycles. The average molecular weight is 747 g/mol. The van der Waals surface area contributed by atoms with Gasteiger partial charge in [-0.1, -0.05) is 146 Å². The fraction of sp³-hybridized carbons (Fsp3) is 0. The van der Waals surface area contributed by atoms with E-state index in [1.165, 1.54) is 5.39 Å². The Morgan fingerprint density at radius 1 is 0.397 bits per heavy atom. The van der Waals surface area contributed by atoms with Gasteiger partial charge in [-0.2, -0.15) is 0 Å². The summed E-state index contributed by atoms with van der Waals surface area (Å²) in [7, 11) is 0. The highest BCUT2D eigenvalue weighted by Crippen LogP contribution is 2.41. The maximum Gasteiger partial charge on any atom is 0.137 e. The Morgan fingerprint density at radius 3 is 1.67 bits per heavy atom. The van der Waals surface area contributed by atoms with E-state index in [4.69, 9.17) is 9.72 Å². The van der Waals surface area contributed by atoms with Crippen molar-refractivity contribution in [3.05, 3.63) is 219 Å². The Hall–Kier alpha value is -7.89. The fourth-order valence-corrected chi connectivity index (χ4v) is 7.75. The number of hydrogen-bond donors (Lipinski definition) is 2. The Labute approximate surface area is 337 Å². The standard InChI is InChI=1S/C53H38N4O/c1-4-16-37(17-5-1)40-30-33-52(54-36-40)57-50-29-13-10-24-46(50)47-32-31-43(35-51(47)57)58-42-23-14-22-41(34-42)55-48-27-11-12-28-49(48)56-53-44(38-18-6-2-7-19-38)25-15-26-45(53)39-20-8-3-9-21-39/h1-36,55-56H. The summed E-state index contributed by atoms with van der Waals surface area (Å²) in [6.07, 6.45) is 1.95. The van der Waals surface area contributed by atoms with Crippen LogP contribution >= 0.6 is 0 Å². The van der Waals surface area contributed by atoms with Crippen LogP contribution < -0.4 is 15.4 Å². The van der Waals surface area contributed by atoms with Crippen molar-refractivity contribution >= 4 is 44.6 Å². The van der Waals surface area contributed by atoms with Crippen LogP contribution in [0.2, 0.25) is 0 Å². The van der Waals surface area contributed by atoms with Crippen LogP contribution in [0.25, 0.3) is 61.0 Å². The molecular formula is C53H38N4O. The van der Waals surface area contributed by atoms with Crippen LogP contribution in [0.5, 0.6) is 11.5 Å². The Bertz CT molecular complexity index is 2960. The van der Waals surface area contributed by atoms with E-state index in [2.05, 4.69) is 191 Å². The summed E-state index contributed by atoms with van der Waals surface area (Å²) >= 11 is 0. The third-order valence-corrected chi connectivity index (χ3v) is 10.5. The number of hydrogen-bond acceptors (Lipinski definition) is 4. The van der Waals surface area contributed by atoms with E-state index < -0.39 is 0 Å². The molecule has 0 saturated carbocycles. The predicted octanol–water partition coefficient (Wildman–Crippen LogP) is 14.5. The molecule has 10 aromatic rings. The summed E-state index contributed by atoms with van der Waals surface area (Å²) in [5, 5.41) is 9.82. The van der Waals surface area contributed by atoms with Crippen molar-refractivity contribution in [1.29, 1.82) is 0 Å². The largest absolute Gasteiger partial charge is 0.457 e. The van der Waals surface area contributed by atoms with Crippen LogP contribution in [-0.2, 0) is 0 Å².